The van der Waals surface area contributed by atoms with Gasteiger partial charge in [-0.05, 0) is 37.1 Å². The Bertz CT molecular complexity index is 1040. The first kappa shape index (κ1) is 21.7. The van der Waals surface area contributed by atoms with Gasteiger partial charge in [0, 0.05) is 37.4 Å². The van der Waals surface area contributed by atoms with E-state index < -0.39 is 11.7 Å². The van der Waals surface area contributed by atoms with Crippen LogP contribution in [0.1, 0.15) is 53.2 Å². The van der Waals surface area contributed by atoms with Gasteiger partial charge in [-0.2, -0.15) is 13.2 Å². The minimum atomic E-state index is -4.46. The number of hydrogen-bond acceptors (Lipinski definition) is 5. The summed E-state index contributed by atoms with van der Waals surface area (Å²) in [5.41, 5.74) is 0.330. The van der Waals surface area contributed by atoms with Gasteiger partial charge in [-0.25, -0.2) is 4.98 Å². The van der Waals surface area contributed by atoms with E-state index in [1.54, 1.807) is 17.3 Å². The standard InChI is InChI=1S/C23H23F3N4O3/c24-23(25,26)16-5-3-15(4-6-16)22(32)29-8-7-21(31)30-13-18(9-17(30)12-29)33-20-11-27-19(10-28-20)14-1-2-14/h3-6,10-11,14,17-18H,1-2,7-9,12-13H2/t17-,18+/m1/s1. The molecule has 1 aliphatic carbocycles. The Hall–Kier alpha value is -3.17. The summed E-state index contributed by atoms with van der Waals surface area (Å²) >= 11 is 0. The molecule has 1 aromatic heterocycles. The molecule has 2 aromatic rings. The lowest BCUT2D eigenvalue weighted by molar-refractivity contribution is -0.137. The summed E-state index contributed by atoms with van der Waals surface area (Å²) in [7, 11) is 0. The summed E-state index contributed by atoms with van der Waals surface area (Å²) in [6.45, 7) is 0.931. The van der Waals surface area contributed by atoms with Crippen LogP contribution in [0.3, 0.4) is 0 Å². The molecule has 1 aromatic carbocycles. The fraction of sp³-hybridized carbons (Fsp3) is 0.478. The van der Waals surface area contributed by atoms with Crippen molar-refractivity contribution in [3.63, 3.8) is 0 Å². The summed E-state index contributed by atoms with van der Waals surface area (Å²) in [4.78, 5) is 37.6. The SMILES string of the molecule is O=C(c1ccc(C(F)(F)F)cc1)N1CCC(=O)N2C[C@@H](Oc3cnc(C4CC4)cn3)C[C@@H]2C1. The van der Waals surface area contributed by atoms with Crippen LogP contribution in [0.4, 0.5) is 13.2 Å². The monoisotopic (exact) mass is 460 g/mol. The van der Waals surface area contributed by atoms with Gasteiger partial charge < -0.3 is 14.5 Å². The van der Waals surface area contributed by atoms with Gasteiger partial charge in [0.05, 0.1) is 36.2 Å². The zero-order valence-corrected chi connectivity index (χ0v) is 17.8. The topological polar surface area (TPSA) is 75.6 Å². The highest BCUT2D eigenvalue weighted by Crippen LogP contribution is 2.38. The van der Waals surface area contributed by atoms with E-state index in [1.807, 2.05) is 0 Å². The van der Waals surface area contributed by atoms with Crippen LogP contribution in [0.5, 0.6) is 5.88 Å². The molecule has 2 aliphatic heterocycles. The number of halogens is 3. The molecule has 10 heteroatoms. The van der Waals surface area contributed by atoms with E-state index in [9.17, 15) is 22.8 Å². The van der Waals surface area contributed by atoms with Crippen LogP contribution in [0, 0.1) is 0 Å². The van der Waals surface area contributed by atoms with Gasteiger partial charge in [0.2, 0.25) is 11.8 Å². The van der Waals surface area contributed by atoms with Crippen LogP contribution in [-0.4, -0.2) is 63.4 Å². The van der Waals surface area contributed by atoms with E-state index in [0.717, 1.165) is 30.7 Å². The predicted octanol–water partition coefficient (Wildman–Crippen LogP) is 3.27. The van der Waals surface area contributed by atoms with Crippen molar-refractivity contribution in [1.29, 1.82) is 0 Å². The molecule has 0 unspecified atom stereocenters. The van der Waals surface area contributed by atoms with Crippen molar-refractivity contribution in [2.24, 2.45) is 0 Å². The Balaban J connectivity index is 1.24. The quantitative estimate of drug-likeness (QED) is 0.700. The van der Waals surface area contributed by atoms with Gasteiger partial charge >= 0.3 is 6.18 Å². The third-order valence-corrected chi connectivity index (χ3v) is 6.40. The van der Waals surface area contributed by atoms with Crippen LogP contribution >= 0.6 is 0 Å². The first-order chi connectivity index (χ1) is 15.8. The number of rotatable bonds is 4. The molecule has 2 atom stereocenters. The predicted molar refractivity (Wildman–Crippen MR) is 111 cm³/mol. The number of ether oxygens (including phenoxy) is 1. The fourth-order valence-corrected chi connectivity index (χ4v) is 4.47. The van der Waals surface area contributed by atoms with Gasteiger partial charge in [0.15, 0.2) is 0 Å². The number of amides is 2. The van der Waals surface area contributed by atoms with Crippen LogP contribution in [0.2, 0.25) is 0 Å². The molecule has 0 N–H and O–H groups in total. The van der Waals surface area contributed by atoms with Gasteiger partial charge in [0.1, 0.15) is 6.10 Å². The van der Waals surface area contributed by atoms with E-state index in [2.05, 4.69) is 9.97 Å². The number of benzene rings is 1. The summed E-state index contributed by atoms with van der Waals surface area (Å²) in [6.07, 6.45) is 1.59. The highest BCUT2D eigenvalue weighted by Gasteiger charge is 2.40. The average Bonchev–Trinajstić information content (AvgIpc) is 3.59. The van der Waals surface area contributed by atoms with E-state index in [4.69, 9.17) is 4.74 Å². The number of nitrogens with zero attached hydrogens (tertiary/aromatic N) is 4. The lowest BCUT2D eigenvalue weighted by Gasteiger charge is -2.25. The van der Waals surface area contributed by atoms with Crippen molar-refractivity contribution in [3.8, 4) is 5.88 Å². The molecule has 3 fully saturated rings. The molecule has 3 aliphatic rings. The minimum absolute atomic E-state index is 0.0658. The van der Waals surface area contributed by atoms with E-state index >= 15 is 0 Å². The first-order valence-corrected chi connectivity index (χ1v) is 11.0. The van der Waals surface area contributed by atoms with Crippen molar-refractivity contribution in [1.82, 2.24) is 19.8 Å². The number of hydrogen-bond donors (Lipinski definition) is 0. The highest BCUT2D eigenvalue weighted by atomic mass is 19.4. The van der Waals surface area contributed by atoms with Crippen molar-refractivity contribution in [2.45, 2.75) is 49.9 Å². The molecule has 2 saturated heterocycles. The van der Waals surface area contributed by atoms with Gasteiger partial charge in [-0.15, -0.1) is 0 Å². The van der Waals surface area contributed by atoms with E-state index in [0.29, 0.717) is 31.3 Å². The number of aromatic nitrogens is 2. The third kappa shape index (κ3) is 4.65. The van der Waals surface area contributed by atoms with Crippen LogP contribution < -0.4 is 4.74 Å². The number of fused-ring (bicyclic) bond motifs is 1. The highest BCUT2D eigenvalue weighted by molar-refractivity contribution is 5.94. The Labute approximate surface area is 188 Å². The second kappa shape index (κ2) is 8.31. The molecule has 7 nitrogen and oxygen atoms in total. The first-order valence-electron chi connectivity index (χ1n) is 11.0. The third-order valence-electron chi connectivity index (χ3n) is 6.40. The molecule has 0 spiro atoms. The maximum Gasteiger partial charge on any atom is 0.416 e. The number of carbonyl (C=O) groups is 2. The van der Waals surface area contributed by atoms with Crippen molar-refractivity contribution in [2.75, 3.05) is 19.6 Å². The molecular formula is C23H23F3N4O3. The number of alkyl halides is 3. The number of carbonyl (C=O) groups excluding carboxylic acids is 2. The van der Waals surface area contributed by atoms with Crippen molar-refractivity contribution in [3.05, 3.63) is 53.5 Å². The summed E-state index contributed by atoms with van der Waals surface area (Å²) in [6, 6.07) is 3.94. The van der Waals surface area contributed by atoms with E-state index in [-0.39, 0.29) is 42.5 Å². The molecule has 3 heterocycles. The van der Waals surface area contributed by atoms with Gasteiger partial charge in [-0.3, -0.25) is 14.6 Å². The van der Waals surface area contributed by atoms with Crippen LogP contribution in [0.15, 0.2) is 36.7 Å². The van der Waals surface area contributed by atoms with Crippen molar-refractivity contribution >= 4 is 11.8 Å². The minimum Gasteiger partial charge on any atom is -0.471 e. The molecule has 1 saturated carbocycles. The maximum atomic E-state index is 12.9. The molecule has 0 radical (unpaired) electrons. The maximum absolute atomic E-state index is 12.9. The van der Waals surface area contributed by atoms with Crippen molar-refractivity contribution < 1.29 is 27.5 Å². The van der Waals surface area contributed by atoms with Crippen LogP contribution in [-0.2, 0) is 11.0 Å². The second-order valence-corrected chi connectivity index (χ2v) is 8.81. The normalized spacial score (nSPS) is 23.3. The van der Waals surface area contributed by atoms with Crippen LogP contribution in [0.25, 0.3) is 0 Å². The lowest BCUT2D eigenvalue weighted by atomic mass is 10.1. The summed E-state index contributed by atoms with van der Waals surface area (Å²) in [5, 5.41) is 0. The Morgan fingerprint density at radius 2 is 1.82 bits per heavy atom. The lowest BCUT2D eigenvalue weighted by Crippen LogP contribution is -2.40. The summed E-state index contributed by atoms with van der Waals surface area (Å²) in [5.74, 6) is 0.460. The molecule has 33 heavy (non-hydrogen) atoms. The smallest absolute Gasteiger partial charge is 0.416 e. The van der Waals surface area contributed by atoms with Gasteiger partial charge in [0.25, 0.3) is 5.91 Å². The Morgan fingerprint density at radius 1 is 1.06 bits per heavy atom. The second-order valence-electron chi connectivity index (χ2n) is 8.81. The largest absolute Gasteiger partial charge is 0.471 e. The molecule has 174 valence electrons. The Kier molecular flexibility index (Phi) is 5.46. The average molecular weight is 460 g/mol. The molecular weight excluding hydrogens is 437 g/mol. The van der Waals surface area contributed by atoms with Gasteiger partial charge in [-0.1, -0.05) is 0 Å². The molecule has 5 rings (SSSR count). The molecule has 0 bridgehead atoms. The van der Waals surface area contributed by atoms with E-state index in [1.165, 1.54) is 17.0 Å². The molecule has 2 amide bonds. The Morgan fingerprint density at radius 3 is 2.45 bits per heavy atom. The zero-order chi connectivity index (χ0) is 23.2. The summed E-state index contributed by atoms with van der Waals surface area (Å²) < 4.78 is 44.4. The fourth-order valence-electron chi connectivity index (χ4n) is 4.47. The zero-order valence-electron chi connectivity index (χ0n) is 17.8.